The number of halogens is 2. The first-order valence-corrected chi connectivity index (χ1v) is 4.55. The van der Waals surface area contributed by atoms with Crippen LogP contribution < -0.4 is 5.32 Å². The molecule has 0 radical (unpaired) electrons. The van der Waals surface area contributed by atoms with E-state index in [0.29, 0.717) is 0 Å². The maximum absolute atomic E-state index is 13.2. The quantitative estimate of drug-likeness (QED) is 0.835. The molecule has 1 aromatic carbocycles. The van der Waals surface area contributed by atoms with Crippen molar-refractivity contribution < 1.29 is 13.6 Å². The Balaban J connectivity index is 3.04. The molecule has 16 heavy (non-hydrogen) atoms. The van der Waals surface area contributed by atoms with E-state index in [1.807, 2.05) is 0 Å². The number of benzene rings is 1. The third kappa shape index (κ3) is 2.54. The van der Waals surface area contributed by atoms with Gasteiger partial charge >= 0.3 is 0 Å². The monoisotopic (exact) mass is 224 g/mol. The van der Waals surface area contributed by atoms with Crippen LogP contribution in [0.2, 0.25) is 0 Å². The van der Waals surface area contributed by atoms with Crippen LogP contribution in [0.1, 0.15) is 24.2 Å². The minimum atomic E-state index is -1.17. The summed E-state index contributed by atoms with van der Waals surface area (Å²) in [5.74, 6) is -2.85. The molecule has 0 unspecified atom stereocenters. The zero-order chi connectivity index (χ0) is 12.3. The highest BCUT2D eigenvalue weighted by atomic mass is 19.1. The van der Waals surface area contributed by atoms with E-state index in [9.17, 15) is 13.6 Å². The van der Waals surface area contributed by atoms with E-state index < -0.39 is 28.6 Å². The van der Waals surface area contributed by atoms with Crippen molar-refractivity contribution in [3.8, 4) is 6.07 Å². The molecule has 0 aromatic heterocycles. The second-order valence-corrected chi connectivity index (χ2v) is 3.79. The zero-order valence-electron chi connectivity index (χ0n) is 8.84. The highest BCUT2D eigenvalue weighted by Gasteiger charge is 2.24. The molecule has 3 nitrogen and oxygen atoms in total. The molecule has 5 heteroatoms. The summed E-state index contributed by atoms with van der Waals surface area (Å²) in [6, 6.07) is 4.93. The Morgan fingerprint density at radius 3 is 2.31 bits per heavy atom. The number of nitrogens with zero attached hydrogens (tertiary/aromatic N) is 1. The first-order chi connectivity index (χ1) is 7.37. The Kier molecular flexibility index (Phi) is 3.23. The van der Waals surface area contributed by atoms with Gasteiger partial charge in [-0.2, -0.15) is 5.26 Å². The van der Waals surface area contributed by atoms with Gasteiger partial charge in [0.05, 0.1) is 6.07 Å². The first kappa shape index (κ1) is 12.1. The van der Waals surface area contributed by atoms with Crippen molar-refractivity contribution in [1.29, 1.82) is 5.26 Å². The zero-order valence-corrected chi connectivity index (χ0v) is 8.84. The molecular weight excluding hydrogens is 214 g/mol. The number of nitrogens with one attached hydrogen (secondary N) is 1. The van der Waals surface area contributed by atoms with E-state index in [4.69, 9.17) is 5.26 Å². The molecular formula is C11H10F2N2O. The van der Waals surface area contributed by atoms with E-state index in [1.54, 1.807) is 6.07 Å². The number of rotatable bonds is 2. The summed E-state index contributed by atoms with van der Waals surface area (Å²) in [7, 11) is 0. The van der Waals surface area contributed by atoms with E-state index in [0.717, 1.165) is 18.2 Å². The topological polar surface area (TPSA) is 52.9 Å². The SMILES string of the molecule is CC(C)(C#N)NC(=O)c1c(F)cccc1F. The van der Waals surface area contributed by atoms with Gasteiger partial charge in [0.2, 0.25) is 0 Å². The molecule has 0 aliphatic heterocycles. The molecule has 0 heterocycles. The van der Waals surface area contributed by atoms with Gasteiger partial charge in [-0.25, -0.2) is 8.78 Å². The maximum Gasteiger partial charge on any atom is 0.258 e. The summed E-state index contributed by atoms with van der Waals surface area (Å²) in [4.78, 5) is 11.5. The van der Waals surface area contributed by atoms with Crippen LogP contribution in [0.5, 0.6) is 0 Å². The molecule has 1 amide bonds. The maximum atomic E-state index is 13.2. The average molecular weight is 224 g/mol. The Morgan fingerprint density at radius 2 is 1.88 bits per heavy atom. The normalized spacial score (nSPS) is 10.7. The van der Waals surface area contributed by atoms with Crippen LogP contribution in [-0.2, 0) is 0 Å². The Hall–Kier alpha value is -1.96. The number of hydrogen-bond donors (Lipinski definition) is 1. The van der Waals surface area contributed by atoms with Gasteiger partial charge in [0, 0.05) is 0 Å². The van der Waals surface area contributed by atoms with Crippen molar-refractivity contribution in [2.75, 3.05) is 0 Å². The summed E-state index contributed by atoms with van der Waals surface area (Å²) in [6.07, 6.45) is 0. The molecule has 1 N–H and O–H groups in total. The van der Waals surface area contributed by atoms with Gasteiger partial charge in [-0.05, 0) is 26.0 Å². The summed E-state index contributed by atoms with van der Waals surface area (Å²) < 4.78 is 26.4. The first-order valence-electron chi connectivity index (χ1n) is 4.55. The molecule has 84 valence electrons. The minimum absolute atomic E-state index is 0.675. The smallest absolute Gasteiger partial charge is 0.258 e. The standard InChI is InChI=1S/C11H10F2N2O/c1-11(2,6-14)15-10(16)9-7(12)4-3-5-8(9)13/h3-5H,1-2H3,(H,15,16). The van der Waals surface area contributed by atoms with Crippen LogP contribution in [0.3, 0.4) is 0 Å². The van der Waals surface area contributed by atoms with Gasteiger partial charge in [-0.15, -0.1) is 0 Å². The highest BCUT2D eigenvalue weighted by Crippen LogP contribution is 2.13. The van der Waals surface area contributed by atoms with Gasteiger partial charge in [-0.1, -0.05) is 6.07 Å². The third-order valence-electron chi connectivity index (χ3n) is 1.90. The van der Waals surface area contributed by atoms with E-state index in [-0.39, 0.29) is 0 Å². The number of carbonyl (C=O) groups is 1. The van der Waals surface area contributed by atoms with E-state index >= 15 is 0 Å². The number of amides is 1. The van der Waals surface area contributed by atoms with Gasteiger partial charge in [-0.3, -0.25) is 4.79 Å². The lowest BCUT2D eigenvalue weighted by Crippen LogP contribution is -2.42. The summed E-state index contributed by atoms with van der Waals surface area (Å²) >= 11 is 0. The molecule has 0 saturated heterocycles. The fraction of sp³-hybridized carbons (Fsp3) is 0.273. The van der Waals surface area contributed by atoms with Gasteiger partial charge in [0.25, 0.3) is 5.91 Å². The van der Waals surface area contributed by atoms with Crippen LogP contribution >= 0.6 is 0 Å². The summed E-state index contributed by atoms with van der Waals surface area (Å²) in [5.41, 5.74) is -1.85. The average Bonchev–Trinajstić information content (AvgIpc) is 2.16. The molecule has 0 fully saturated rings. The Bertz CT molecular complexity index is 443. The molecule has 0 atom stereocenters. The van der Waals surface area contributed by atoms with Crippen LogP contribution in [0, 0.1) is 23.0 Å². The molecule has 0 aliphatic rings. The molecule has 0 saturated carbocycles. The number of nitriles is 1. The largest absolute Gasteiger partial charge is 0.334 e. The van der Waals surface area contributed by atoms with Gasteiger partial charge in [0.15, 0.2) is 0 Å². The van der Waals surface area contributed by atoms with Crippen molar-refractivity contribution in [3.63, 3.8) is 0 Å². The van der Waals surface area contributed by atoms with E-state index in [1.165, 1.54) is 13.8 Å². The molecule has 0 spiro atoms. The predicted octanol–water partition coefficient (Wildman–Crippen LogP) is 2.00. The van der Waals surface area contributed by atoms with Gasteiger partial charge in [0.1, 0.15) is 22.7 Å². The second kappa shape index (κ2) is 4.27. The Labute approximate surface area is 91.7 Å². The summed E-state index contributed by atoms with van der Waals surface area (Å²) in [5, 5.41) is 10.9. The minimum Gasteiger partial charge on any atom is -0.334 e. The predicted molar refractivity (Wildman–Crippen MR) is 53.5 cm³/mol. The molecule has 1 aromatic rings. The van der Waals surface area contributed by atoms with Crippen molar-refractivity contribution in [1.82, 2.24) is 5.32 Å². The van der Waals surface area contributed by atoms with Crippen LogP contribution in [-0.4, -0.2) is 11.4 Å². The van der Waals surface area contributed by atoms with Crippen LogP contribution in [0.25, 0.3) is 0 Å². The lowest BCUT2D eigenvalue weighted by Gasteiger charge is -2.17. The highest BCUT2D eigenvalue weighted by molar-refractivity contribution is 5.95. The number of hydrogen-bond acceptors (Lipinski definition) is 2. The van der Waals surface area contributed by atoms with Crippen LogP contribution in [0.4, 0.5) is 8.78 Å². The van der Waals surface area contributed by atoms with Crippen molar-refractivity contribution in [3.05, 3.63) is 35.4 Å². The number of carbonyl (C=O) groups excluding carboxylic acids is 1. The summed E-state index contributed by atoms with van der Waals surface area (Å²) in [6.45, 7) is 2.87. The van der Waals surface area contributed by atoms with Crippen molar-refractivity contribution in [2.45, 2.75) is 19.4 Å². The van der Waals surface area contributed by atoms with E-state index in [2.05, 4.69) is 5.32 Å². The third-order valence-corrected chi connectivity index (χ3v) is 1.90. The van der Waals surface area contributed by atoms with Crippen LogP contribution in [0.15, 0.2) is 18.2 Å². The fourth-order valence-corrected chi connectivity index (χ4v) is 1.09. The van der Waals surface area contributed by atoms with Crippen molar-refractivity contribution >= 4 is 5.91 Å². The fourth-order valence-electron chi connectivity index (χ4n) is 1.09. The second-order valence-electron chi connectivity index (χ2n) is 3.79. The van der Waals surface area contributed by atoms with Crippen molar-refractivity contribution in [2.24, 2.45) is 0 Å². The Morgan fingerprint density at radius 1 is 1.38 bits per heavy atom. The lowest BCUT2D eigenvalue weighted by atomic mass is 10.1. The van der Waals surface area contributed by atoms with Gasteiger partial charge < -0.3 is 5.32 Å². The lowest BCUT2D eigenvalue weighted by molar-refractivity contribution is 0.0920. The molecule has 0 aliphatic carbocycles. The molecule has 1 rings (SSSR count). The molecule has 0 bridgehead atoms.